The van der Waals surface area contributed by atoms with Crippen molar-refractivity contribution in [3.05, 3.63) is 24.2 Å². The highest BCUT2D eigenvalue weighted by atomic mass is 16.5. The normalized spacial score (nSPS) is 28.8. The first-order valence-corrected chi connectivity index (χ1v) is 6.37. The highest BCUT2D eigenvalue weighted by molar-refractivity contribution is 4.98. The van der Waals surface area contributed by atoms with Crippen LogP contribution in [0.15, 0.2) is 22.8 Å². The molecule has 0 amide bonds. The van der Waals surface area contributed by atoms with Crippen molar-refractivity contribution < 1.29 is 9.15 Å². The lowest BCUT2D eigenvalue weighted by atomic mass is 9.79. The van der Waals surface area contributed by atoms with Crippen molar-refractivity contribution in [2.45, 2.75) is 45.3 Å². The molecule has 0 saturated heterocycles. The van der Waals surface area contributed by atoms with Crippen LogP contribution in [-0.4, -0.2) is 6.10 Å². The number of furan rings is 1. The van der Waals surface area contributed by atoms with Crippen molar-refractivity contribution in [1.29, 1.82) is 5.26 Å². The Morgan fingerprint density at radius 1 is 1.53 bits per heavy atom. The topological polar surface area (TPSA) is 46.2 Å². The summed E-state index contributed by atoms with van der Waals surface area (Å²) in [7, 11) is 0. The Morgan fingerprint density at radius 2 is 2.41 bits per heavy atom. The van der Waals surface area contributed by atoms with Crippen molar-refractivity contribution in [2.75, 3.05) is 0 Å². The molecular formula is C14H19NO2. The van der Waals surface area contributed by atoms with E-state index in [0.29, 0.717) is 12.5 Å². The second kappa shape index (κ2) is 5.88. The molecule has 0 N–H and O–H groups in total. The van der Waals surface area contributed by atoms with E-state index < -0.39 is 0 Å². The summed E-state index contributed by atoms with van der Waals surface area (Å²) in [6.07, 6.45) is 6.04. The second-order valence-electron chi connectivity index (χ2n) is 4.75. The molecule has 0 aromatic carbocycles. The molecular weight excluding hydrogens is 214 g/mol. The smallest absolute Gasteiger partial charge is 0.129 e. The summed E-state index contributed by atoms with van der Waals surface area (Å²) in [5.41, 5.74) is 0. The van der Waals surface area contributed by atoms with E-state index in [0.717, 1.165) is 25.0 Å². The lowest BCUT2D eigenvalue weighted by Crippen LogP contribution is -2.30. The van der Waals surface area contributed by atoms with Gasteiger partial charge in [0.25, 0.3) is 0 Å². The third-order valence-corrected chi connectivity index (χ3v) is 3.66. The Hall–Kier alpha value is -1.27. The van der Waals surface area contributed by atoms with Gasteiger partial charge in [0.15, 0.2) is 0 Å². The number of ether oxygens (including phenoxy) is 1. The van der Waals surface area contributed by atoms with Crippen molar-refractivity contribution in [3.63, 3.8) is 0 Å². The summed E-state index contributed by atoms with van der Waals surface area (Å²) < 4.78 is 11.1. The number of rotatable bonds is 4. The van der Waals surface area contributed by atoms with Crippen LogP contribution in [0.25, 0.3) is 0 Å². The third-order valence-electron chi connectivity index (χ3n) is 3.66. The van der Waals surface area contributed by atoms with E-state index >= 15 is 0 Å². The van der Waals surface area contributed by atoms with Crippen LogP contribution in [0.5, 0.6) is 0 Å². The molecule has 1 aliphatic rings. The van der Waals surface area contributed by atoms with Gasteiger partial charge in [-0.1, -0.05) is 13.3 Å². The van der Waals surface area contributed by atoms with Gasteiger partial charge in [-0.2, -0.15) is 5.26 Å². The first-order valence-electron chi connectivity index (χ1n) is 6.37. The molecule has 1 saturated carbocycles. The molecule has 3 nitrogen and oxygen atoms in total. The van der Waals surface area contributed by atoms with Crippen LogP contribution in [0.3, 0.4) is 0 Å². The molecule has 92 valence electrons. The molecule has 0 radical (unpaired) electrons. The summed E-state index contributed by atoms with van der Waals surface area (Å²) in [5, 5.41) is 9.12. The minimum absolute atomic E-state index is 0.0489. The van der Waals surface area contributed by atoms with Gasteiger partial charge >= 0.3 is 0 Å². The Balaban J connectivity index is 1.89. The number of hydrogen-bond donors (Lipinski definition) is 0. The van der Waals surface area contributed by atoms with E-state index in [1.165, 1.54) is 6.42 Å². The van der Waals surface area contributed by atoms with Gasteiger partial charge in [-0.3, -0.25) is 0 Å². The molecule has 1 fully saturated rings. The van der Waals surface area contributed by atoms with Gasteiger partial charge in [0, 0.05) is 0 Å². The maximum atomic E-state index is 9.12. The molecule has 0 aliphatic heterocycles. The lowest BCUT2D eigenvalue weighted by molar-refractivity contribution is -0.0263. The third kappa shape index (κ3) is 3.10. The van der Waals surface area contributed by atoms with Crippen LogP contribution in [0.2, 0.25) is 0 Å². The Kier molecular flexibility index (Phi) is 4.22. The fraction of sp³-hybridized carbons (Fsp3) is 0.643. The van der Waals surface area contributed by atoms with E-state index in [-0.39, 0.29) is 12.0 Å². The molecule has 1 heterocycles. The molecule has 0 bridgehead atoms. The average Bonchev–Trinajstić information content (AvgIpc) is 2.89. The van der Waals surface area contributed by atoms with E-state index in [1.807, 2.05) is 12.1 Å². The van der Waals surface area contributed by atoms with Gasteiger partial charge in [0.2, 0.25) is 0 Å². The number of nitriles is 1. The molecule has 1 aromatic rings. The van der Waals surface area contributed by atoms with Crippen molar-refractivity contribution in [2.24, 2.45) is 11.8 Å². The molecule has 0 spiro atoms. The first kappa shape index (κ1) is 12.2. The molecule has 2 rings (SSSR count). The summed E-state index contributed by atoms with van der Waals surface area (Å²) in [5.74, 6) is 1.59. The fourth-order valence-electron chi connectivity index (χ4n) is 2.50. The van der Waals surface area contributed by atoms with Crippen LogP contribution in [0, 0.1) is 23.2 Å². The van der Waals surface area contributed by atoms with Crippen LogP contribution >= 0.6 is 0 Å². The quantitative estimate of drug-likeness (QED) is 0.799. The maximum absolute atomic E-state index is 9.12. The zero-order valence-electron chi connectivity index (χ0n) is 10.3. The largest absolute Gasteiger partial charge is 0.467 e. The van der Waals surface area contributed by atoms with Gasteiger partial charge in [0.05, 0.1) is 24.4 Å². The monoisotopic (exact) mass is 233 g/mol. The summed E-state index contributed by atoms with van der Waals surface area (Å²) >= 11 is 0. The number of nitrogens with zero attached hydrogens (tertiary/aromatic N) is 1. The van der Waals surface area contributed by atoms with Crippen LogP contribution in [-0.2, 0) is 11.3 Å². The predicted molar refractivity (Wildman–Crippen MR) is 64.0 cm³/mol. The molecule has 3 atom stereocenters. The summed E-state index contributed by atoms with van der Waals surface area (Å²) in [6, 6.07) is 6.13. The van der Waals surface area contributed by atoms with Gasteiger partial charge in [-0.25, -0.2) is 0 Å². The van der Waals surface area contributed by atoms with Gasteiger partial charge in [-0.15, -0.1) is 0 Å². The average molecular weight is 233 g/mol. The fourth-order valence-corrected chi connectivity index (χ4v) is 2.50. The van der Waals surface area contributed by atoms with Crippen LogP contribution in [0.1, 0.15) is 38.4 Å². The highest BCUT2D eigenvalue weighted by Gasteiger charge is 2.30. The maximum Gasteiger partial charge on any atom is 0.129 e. The van der Waals surface area contributed by atoms with Crippen molar-refractivity contribution >= 4 is 0 Å². The molecule has 3 unspecified atom stereocenters. The second-order valence-corrected chi connectivity index (χ2v) is 4.75. The lowest BCUT2D eigenvalue weighted by Gasteiger charge is -2.31. The summed E-state index contributed by atoms with van der Waals surface area (Å²) in [4.78, 5) is 0. The highest BCUT2D eigenvalue weighted by Crippen LogP contribution is 2.33. The van der Waals surface area contributed by atoms with Gasteiger partial charge < -0.3 is 9.15 Å². The van der Waals surface area contributed by atoms with E-state index in [2.05, 4.69) is 13.0 Å². The van der Waals surface area contributed by atoms with Crippen molar-refractivity contribution in [3.8, 4) is 6.07 Å². The molecule has 1 aliphatic carbocycles. The van der Waals surface area contributed by atoms with Crippen LogP contribution < -0.4 is 0 Å². The number of hydrogen-bond acceptors (Lipinski definition) is 3. The zero-order chi connectivity index (χ0) is 12.1. The van der Waals surface area contributed by atoms with E-state index in [1.54, 1.807) is 6.26 Å². The molecule has 17 heavy (non-hydrogen) atoms. The van der Waals surface area contributed by atoms with Gasteiger partial charge in [-0.05, 0) is 37.3 Å². The Morgan fingerprint density at radius 3 is 3.06 bits per heavy atom. The van der Waals surface area contributed by atoms with Crippen LogP contribution in [0.4, 0.5) is 0 Å². The minimum atomic E-state index is 0.0489. The minimum Gasteiger partial charge on any atom is -0.467 e. The van der Waals surface area contributed by atoms with Crippen molar-refractivity contribution in [1.82, 2.24) is 0 Å². The molecule has 1 aromatic heterocycles. The Labute approximate surface area is 102 Å². The summed E-state index contributed by atoms with van der Waals surface area (Å²) in [6.45, 7) is 2.69. The van der Waals surface area contributed by atoms with E-state index in [4.69, 9.17) is 14.4 Å². The zero-order valence-corrected chi connectivity index (χ0v) is 10.3. The SMILES string of the molecule is CCC1CCC(C#N)C(OCc2ccco2)C1. The predicted octanol–water partition coefficient (Wildman–Crippen LogP) is 3.51. The Bertz CT molecular complexity index is 366. The molecule has 3 heteroatoms. The standard InChI is InChI=1S/C14H19NO2/c1-2-11-5-6-12(9-15)14(8-11)17-10-13-4-3-7-16-13/h3-4,7,11-12,14H,2,5-6,8,10H2,1H3. The first-order chi connectivity index (χ1) is 8.33. The van der Waals surface area contributed by atoms with Gasteiger partial charge in [0.1, 0.15) is 12.4 Å². The van der Waals surface area contributed by atoms with E-state index in [9.17, 15) is 0 Å².